The molecule has 0 atom stereocenters. The van der Waals surface area contributed by atoms with E-state index in [0.717, 1.165) is 0 Å². The van der Waals surface area contributed by atoms with Crippen LogP contribution in [-0.4, -0.2) is 24.4 Å². The first-order valence-corrected chi connectivity index (χ1v) is 1.94. The Balaban J connectivity index is -0.00000000500. The van der Waals surface area contributed by atoms with Crippen LogP contribution in [0.15, 0.2) is 0 Å². The van der Waals surface area contributed by atoms with E-state index in [1.54, 1.807) is 0 Å². The van der Waals surface area contributed by atoms with E-state index < -0.39 is 0 Å². The molecule has 0 unspecified atom stereocenters. The summed E-state index contributed by atoms with van der Waals surface area (Å²) >= 11 is -0.1000. The van der Waals surface area contributed by atoms with Gasteiger partial charge in [0.15, 0.2) is 0 Å². The van der Waals surface area contributed by atoms with Crippen molar-refractivity contribution in [2.75, 3.05) is 0 Å². The van der Waals surface area contributed by atoms with Gasteiger partial charge in [-0.3, -0.25) is 0 Å². The predicted molar refractivity (Wildman–Crippen MR) is 7.84 cm³/mol. The Morgan fingerprint density at radius 1 is 1.25 bits per heavy atom. The average Bonchev–Trinajstić information content (AvgIpc) is 1.00. The van der Waals surface area contributed by atoms with Crippen molar-refractivity contribution in [3.63, 3.8) is 0 Å². The van der Waals surface area contributed by atoms with Crippen molar-refractivity contribution in [1.82, 2.24) is 0 Å². The van der Waals surface area contributed by atoms with E-state index in [2.05, 4.69) is 0 Å². The minimum atomic E-state index is -0.1000. The summed E-state index contributed by atoms with van der Waals surface area (Å²) in [4.78, 5) is 0. The molecule has 16 valence electrons. The Hall–Kier alpha value is 2.01. The molecule has 0 radical (unpaired) electrons. The first-order valence-electron chi connectivity index (χ1n) is 0.289. The summed E-state index contributed by atoms with van der Waals surface area (Å²) in [6.45, 7) is 0. The van der Waals surface area contributed by atoms with Gasteiger partial charge in [-0.25, -0.2) is 0 Å². The molecule has 0 aromatic carbocycles. The molecule has 1 nitrogen and oxygen atoms in total. The van der Waals surface area contributed by atoms with Crippen LogP contribution in [0.2, 0.25) is 0 Å². The maximum atomic E-state index is 8.42. The van der Waals surface area contributed by atoms with Crippen LogP contribution in [0.1, 0.15) is 0 Å². The smallest absolute Gasteiger partial charge is 0 e. The molecule has 0 rings (SSSR count). The van der Waals surface area contributed by atoms with Gasteiger partial charge in [0.05, 0.1) is 0 Å². The molecule has 4 heteroatoms. The average molecular weight is 245 g/mol. The Morgan fingerprint density at radius 3 is 1.25 bits per heavy atom. The maximum Gasteiger partial charge on any atom is 0 e. The summed E-state index contributed by atoms with van der Waals surface area (Å²) < 4.78 is 8.42. The summed E-state index contributed by atoms with van der Waals surface area (Å²) in [5, 5.41) is 0. The van der Waals surface area contributed by atoms with Crippen molar-refractivity contribution >= 4 is 24.4 Å². The van der Waals surface area contributed by atoms with Crippen molar-refractivity contribution in [3.8, 4) is 0 Å². The molecule has 0 aliphatic heterocycles. The monoisotopic (exact) mass is 244 g/mol. The van der Waals surface area contributed by atoms with Gasteiger partial charge < -0.3 is 0 Å². The van der Waals surface area contributed by atoms with Gasteiger partial charge in [-0.05, 0) is 0 Å². The van der Waals surface area contributed by atoms with Gasteiger partial charge in [0.1, 0.15) is 0 Å². The van der Waals surface area contributed by atoms with Crippen molar-refractivity contribution < 1.29 is 44.1 Å². The van der Waals surface area contributed by atoms with E-state index >= 15 is 0 Å². The van der Waals surface area contributed by atoms with Crippen LogP contribution in [0.3, 0.4) is 0 Å². The van der Waals surface area contributed by atoms with Gasteiger partial charge in [0, 0.05) is 41.2 Å². The zero-order valence-electron chi connectivity index (χ0n) is 2.32. The van der Waals surface area contributed by atoms with E-state index in [1.807, 2.05) is 0 Å². The summed E-state index contributed by atoms with van der Waals surface area (Å²) in [7, 11) is 0. The summed E-state index contributed by atoms with van der Waals surface area (Å²) in [6, 6.07) is 0. The summed E-state index contributed by atoms with van der Waals surface area (Å²) in [5.41, 5.74) is 0. The molecule has 0 saturated carbocycles. The van der Waals surface area contributed by atoms with Crippen LogP contribution in [0.5, 0.6) is 0 Å². The second-order valence-electron chi connectivity index (χ2n) is 0. The number of rotatable bonds is 0. The molecular formula is HInOTiZn. The molecule has 0 heterocycles. The Bertz CT molecular complexity index is 8.00. The molecule has 0 aromatic heterocycles. The Kier molecular flexibility index (Phi) is 83.1. The van der Waals surface area contributed by atoms with Gasteiger partial charge in [-0.2, -0.15) is 0 Å². The zero-order valence-corrected chi connectivity index (χ0v) is 10.9. The van der Waals surface area contributed by atoms with Gasteiger partial charge in [-0.15, -0.1) is 0 Å². The summed E-state index contributed by atoms with van der Waals surface area (Å²) in [6.07, 6.45) is 0. The first-order chi connectivity index (χ1) is 1.00. The Morgan fingerprint density at radius 2 is 1.25 bits per heavy atom. The van der Waals surface area contributed by atoms with Crippen molar-refractivity contribution in [3.05, 3.63) is 0 Å². The molecule has 0 spiro atoms. The third kappa shape index (κ3) is 8.99. The number of hydrogen-bond acceptors (Lipinski definition) is 1. The van der Waals surface area contributed by atoms with Gasteiger partial charge >= 0.3 is 27.2 Å². The minimum Gasteiger partial charge on any atom is 0 e. The van der Waals surface area contributed by atoms with Crippen LogP contribution in [0, 0.1) is 0 Å². The maximum absolute atomic E-state index is 8.42. The molecule has 0 fully saturated rings. The van der Waals surface area contributed by atoms with E-state index in [-0.39, 0.29) is 65.6 Å². The third-order valence-electron chi connectivity index (χ3n) is 0. The van der Waals surface area contributed by atoms with Crippen molar-refractivity contribution in [2.45, 2.75) is 0 Å². The molecule has 0 bridgehead atoms. The predicted octanol–water partition coefficient (Wildman–Crippen LogP) is -0.772. The van der Waals surface area contributed by atoms with Crippen LogP contribution in [0.25, 0.3) is 0 Å². The van der Waals surface area contributed by atoms with Crippen LogP contribution in [0.4, 0.5) is 0 Å². The van der Waals surface area contributed by atoms with Crippen LogP contribution < -0.4 is 0 Å². The first kappa shape index (κ1) is 16.7. The quantitative estimate of drug-likeness (QED) is 0.512. The molecule has 0 N–H and O–H groups in total. The van der Waals surface area contributed by atoms with Crippen LogP contribution >= 0.6 is 0 Å². The second kappa shape index (κ2) is 20.0. The van der Waals surface area contributed by atoms with E-state index in [9.17, 15) is 0 Å². The van der Waals surface area contributed by atoms with Gasteiger partial charge in [-0.1, -0.05) is 0 Å². The molecule has 0 amide bonds. The van der Waals surface area contributed by atoms with E-state index in [0.29, 0.717) is 0 Å². The fraction of sp³-hybridized carbons (Fsp3) is 0. The minimum absolute atomic E-state index is 0. The molecule has 0 aliphatic carbocycles. The standard InChI is InChI=1S/In.O.Ti.Zn.H. The van der Waals surface area contributed by atoms with Crippen molar-refractivity contribution in [1.29, 1.82) is 0 Å². The van der Waals surface area contributed by atoms with E-state index in [4.69, 9.17) is 2.85 Å². The third-order valence-corrected chi connectivity index (χ3v) is 0. The molecule has 0 aromatic rings. The fourth-order valence-corrected chi connectivity index (χ4v) is 0. The van der Waals surface area contributed by atoms with E-state index in [1.165, 1.54) is 0 Å². The summed E-state index contributed by atoms with van der Waals surface area (Å²) in [5.74, 6) is 0. The largest absolute Gasteiger partial charge is 0 e. The number of hydrogen-bond donors (Lipinski definition) is 0. The van der Waals surface area contributed by atoms with Gasteiger partial charge in [0.25, 0.3) is 0 Å². The topological polar surface area (TPSA) is 17.1 Å². The normalized spacial score (nSPS) is 0.750. The molecule has 4 heavy (non-hydrogen) atoms. The van der Waals surface area contributed by atoms with Crippen LogP contribution in [-0.2, 0) is 44.1 Å². The zero-order chi connectivity index (χ0) is 2.00. The second-order valence-corrected chi connectivity index (χ2v) is 0. The SMILES string of the molecule is [O]=[InH].[Ti].[Zn]. The fourth-order valence-electron chi connectivity index (χ4n) is 0. The molecule has 0 aliphatic rings. The molecule has 0 saturated heterocycles. The Labute approximate surface area is 67.6 Å². The van der Waals surface area contributed by atoms with Gasteiger partial charge in [0.2, 0.25) is 0 Å². The molecular weight excluding hydrogens is 244 g/mol. The van der Waals surface area contributed by atoms with Crippen molar-refractivity contribution in [2.24, 2.45) is 0 Å².